The topological polar surface area (TPSA) is 89.2 Å². The van der Waals surface area contributed by atoms with Crippen molar-refractivity contribution in [2.45, 2.75) is 32.4 Å². The lowest BCUT2D eigenvalue weighted by atomic mass is 10.0. The normalized spacial score (nSPS) is 14.5. The van der Waals surface area contributed by atoms with Gasteiger partial charge < -0.3 is 14.6 Å². The third kappa shape index (κ3) is 4.78. The van der Waals surface area contributed by atoms with Crippen molar-refractivity contribution in [3.05, 3.63) is 60.3 Å². The van der Waals surface area contributed by atoms with Gasteiger partial charge in [-0.1, -0.05) is 23.7 Å². The number of nitrogens with zero attached hydrogens (tertiary/aromatic N) is 5. The van der Waals surface area contributed by atoms with Gasteiger partial charge >= 0.3 is 0 Å². The Hall–Kier alpha value is -3.59. The highest BCUT2D eigenvalue weighted by atomic mass is 19.1. The summed E-state index contributed by atoms with van der Waals surface area (Å²) in [5.74, 6) is 2.14. The van der Waals surface area contributed by atoms with Crippen molar-refractivity contribution in [3.63, 3.8) is 0 Å². The molecule has 2 aromatic carbocycles. The van der Waals surface area contributed by atoms with Crippen molar-refractivity contribution in [2.75, 3.05) is 25.5 Å². The molecule has 0 saturated carbocycles. The molecule has 5 rings (SSSR count). The largest absolute Gasteiger partial charge is 0.494 e. The number of hydrogen-bond acceptors (Lipinski definition) is 8. The molecule has 9 heteroatoms. The van der Waals surface area contributed by atoms with E-state index in [0.717, 1.165) is 29.6 Å². The fourth-order valence-electron chi connectivity index (χ4n) is 4.14. The van der Waals surface area contributed by atoms with E-state index in [2.05, 4.69) is 30.3 Å². The molecule has 0 unspecified atom stereocenters. The summed E-state index contributed by atoms with van der Waals surface area (Å²) in [5, 5.41) is 8.19. The predicted molar refractivity (Wildman–Crippen MR) is 122 cm³/mol. The van der Waals surface area contributed by atoms with Crippen LogP contribution in [0.2, 0.25) is 0 Å². The van der Waals surface area contributed by atoms with Crippen molar-refractivity contribution in [3.8, 4) is 16.9 Å². The molecule has 1 N–H and O–H groups in total. The van der Waals surface area contributed by atoms with Gasteiger partial charge in [-0.25, -0.2) is 14.4 Å². The Morgan fingerprint density at radius 2 is 1.88 bits per heavy atom. The van der Waals surface area contributed by atoms with Crippen molar-refractivity contribution < 1.29 is 13.7 Å². The van der Waals surface area contributed by atoms with Gasteiger partial charge in [0.1, 0.15) is 29.2 Å². The minimum atomic E-state index is -0.281. The van der Waals surface area contributed by atoms with Gasteiger partial charge in [0.15, 0.2) is 5.82 Å². The molecule has 1 fully saturated rings. The van der Waals surface area contributed by atoms with E-state index >= 15 is 0 Å². The number of benzene rings is 2. The van der Waals surface area contributed by atoms with Crippen LogP contribution in [-0.2, 0) is 13.1 Å². The molecule has 2 aromatic heterocycles. The van der Waals surface area contributed by atoms with Crippen LogP contribution in [0.4, 0.5) is 10.2 Å². The van der Waals surface area contributed by atoms with E-state index in [1.165, 1.54) is 37.7 Å². The average molecular weight is 449 g/mol. The summed E-state index contributed by atoms with van der Waals surface area (Å²) in [6, 6.07) is 10.2. The second-order valence-corrected chi connectivity index (χ2v) is 8.10. The SMILES string of the molecule is COc1cc(-c2ccc(F)cc2)cc2c(NCc3nc(CN4CCCCC4)no3)ncnc12. The van der Waals surface area contributed by atoms with Gasteiger partial charge in [0.05, 0.1) is 20.2 Å². The lowest BCUT2D eigenvalue weighted by molar-refractivity contribution is 0.213. The summed E-state index contributed by atoms with van der Waals surface area (Å²) in [5.41, 5.74) is 2.42. The van der Waals surface area contributed by atoms with Crippen LogP contribution in [0.1, 0.15) is 31.0 Å². The number of rotatable bonds is 7. The van der Waals surface area contributed by atoms with Crippen LogP contribution < -0.4 is 10.1 Å². The summed E-state index contributed by atoms with van der Waals surface area (Å²) >= 11 is 0. The van der Waals surface area contributed by atoms with Crippen LogP contribution in [0.5, 0.6) is 5.75 Å². The van der Waals surface area contributed by atoms with E-state index in [4.69, 9.17) is 9.26 Å². The molecule has 0 radical (unpaired) electrons. The van der Waals surface area contributed by atoms with E-state index in [0.29, 0.717) is 41.9 Å². The number of anilines is 1. The highest BCUT2D eigenvalue weighted by Gasteiger charge is 2.16. The summed E-state index contributed by atoms with van der Waals surface area (Å²) in [7, 11) is 1.60. The van der Waals surface area contributed by atoms with Gasteiger partial charge in [0, 0.05) is 5.39 Å². The Bertz CT molecular complexity index is 1240. The van der Waals surface area contributed by atoms with Crippen LogP contribution in [-0.4, -0.2) is 45.2 Å². The number of halogens is 1. The predicted octanol–water partition coefficient (Wildman–Crippen LogP) is 4.43. The standard InChI is InChI=1S/C24H25FN6O2/c1-32-20-12-17(16-5-7-18(25)8-6-16)11-19-23(20)27-15-28-24(19)26-13-22-29-21(30-33-22)14-31-9-3-2-4-10-31/h5-8,11-12,15H,2-4,9-10,13-14H2,1H3,(H,26,27,28). The summed E-state index contributed by atoms with van der Waals surface area (Å²) in [6.07, 6.45) is 5.21. The molecule has 0 bridgehead atoms. The minimum Gasteiger partial charge on any atom is -0.494 e. The Balaban J connectivity index is 1.38. The van der Waals surface area contributed by atoms with Gasteiger partial charge in [0.25, 0.3) is 0 Å². The Morgan fingerprint density at radius 3 is 2.67 bits per heavy atom. The number of ether oxygens (including phenoxy) is 1. The molecule has 1 saturated heterocycles. The second-order valence-electron chi connectivity index (χ2n) is 8.10. The number of nitrogens with one attached hydrogen (secondary N) is 1. The fraction of sp³-hybridized carbons (Fsp3) is 0.333. The molecule has 0 amide bonds. The first-order valence-corrected chi connectivity index (χ1v) is 11.1. The highest BCUT2D eigenvalue weighted by Crippen LogP contribution is 2.34. The third-order valence-electron chi connectivity index (χ3n) is 5.83. The van der Waals surface area contributed by atoms with Crippen molar-refractivity contribution in [2.24, 2.45) is 0 Å². The van der Waals surface area contributed by atoms with E-state index in [1.807, 2.05) is 12.1 Å². The Kier molecular flexibility index (Phi) is 6.12. The zero-order chi connectivity index (χ0) is 22.6. The molecule has 0 atom stereocenters. The minimum absolute atomic E-state index is 0.281. The van der Waals surface area contributed by atoms with Crippen molar-refractivity contribution >= 4 is 16.7 Å². The summed E-state index contributed by atoms with van der Waals surface area (Å²) in [6.45, 7) is 3.20. The first-order valence-electron chi connectivity index (χ1n) is 11.1. The van der Waals surface area contributed by atoms with Gasteiger partial charge in [0.2, 0.25) is 5.89 Å². The zero-order valence-corrected chi connectivity index (χ0v) is 18.4. The molecule has 170 valence electrons. The maximum absolute atomic E-state index is 13.4. The fourth-order valence-corrected chi connectivity index (χ4v) is 4.14. The molecule has 8 nitrogen and oxygen atoms in total. The van der Waals surface area contributed by atoms with Crippen molar-refractivity contribution in [1.82, 2.24) is 25.0 Å². The number of methoxy groups -OCH3 is 1. The average Bonchev–Trinajstić information content (AvgIpc) is 3.30. The van der Waals surface area contributed by atoms with E-state index in [-0.39, 0.29) is 5.82 Å². The van der Waals surface area contributed by atoms with Crippen LogP contribution in [0.25, 0.3) is 22.0 Å². The molecule has 33 heavy (non-hydrogen) atoms. The van der Waals surface area contributed by atoms with Gasteiger partial charge in [-0.3, -0.25) is 4.90 Å². The highest BCUT2D eigenvalue weighted by molar-refractivity contribution is 5.96. The number of hydrogen-bond donors (Lipinski definition) is 1. The number of likely N-dealkylation sites (tertiary alicyclic amines) is 1. The third-order valence-corrected chi connectivity index (χ3v) is 5.83. The second kappa shape index (κ2) is 9.50. The Morgan fingerprint density at radius 1 is 1.06 bits per heavy atom. The first kappa shape index (κ1) is 21.3. The molecule has 1 aliphatic heterocycles. The number of piperidine rings is 1. The summed E-state index contributed by atoms with van der Waals surface area (Å²) < 4.78 is 24.4. The van der Waals surface area contributed by atoms with Crippen LogP contribution in [0, 0.1) is 5.82 Å². The molecule has 0 spiro atoms. The van der Waals surface area contributed by atoms with Gasteiger partial charge in [-0.05, 0) is 61.3 Å². The molecular formula is C24H25FN6O2. The Labute approximate surface area is 190 Å². The van der Waals surface area contributed by atoms with E-state index in [9.17, 15) is 4.39 Å². The first-order chi connectivity index (χ1) is 16.2. The van der Waals surface area contributed by atoms with E-state index < -0.39 is 0 Å². The van der Waals surface area contributed by atoms with Gasteiger partial charge in [-0.2, -0.15) is 4.98 Å². The monoisotopic (exact) mass is 448 g/mol. The molecule has 1 aliphatic rings. The van der Waals surface area contributed by atoms with E-state index in [1.54, 1.807) is 19.2 Å². The number of aromatic nitrogens is 4. The zero-order valence-electron chi connectivity index (χ0n) is 18.4. The molecular weight excluding hydrogens is 423 g/mol. The summed E-state index contributed by atoms with van der Waals surface area (Å²) in [4.78, 5) is 15.7. The number of fused-ring (bicyclic) bond motifs is 1. The lowest BCUT2D eigenvalue weighted by Crippen LogP contribution is -2.29. The van der Waals surface area contributed by atoms with Crippen LogP contribution >= 0.6 is 0 Å². The smallest absolute Gasteiger partial charge is 0.246 e. The quantitative estimate of drug-likeness (QED) is 0.444. The maximum Gasteiger partial charge on any atom is 0.246 e. The lowest BCUT2D eigenvalue weighted by Gasteiger charge is -2.24. The van der Waals surface area contributed by atoms with Crippen molar-refractivity contribution in [1.29, 1.82) is 0 Å². The van der Waals surface area contributed by atoms with Crippen LogP contribution in [0.3, 0.4) is 0 Å². The van der Waals surface area contributed by atoms with Crippen LogP contribution in [0.15, 0.2) is 47.2 Å². The maximum atomic E-state index is 13.4. The molecule has 0 aliphatic carbocycles. The van der Waals surface area contributed by atoms with Gasteiger partial charge in [-0.15, -0.1) is 0 Å². The molecule has 3 heterocycles. The molecule has 4 aromatic rings.